The number of carbonyl (C=O) groups excluding carboxylic acids is 2. The second-order valence-electron chi connectivity index (χ2n) is 7.63. The van der Waals surface area contributed by atoms with Crippen LogP contribution in [0.3, 0.4) is 0 Å². The van der Waals surface area contributed by atoms with Gasteiger partial charge in [0.05, 0.1) is 11.6 Å². The van der Waals surface area contributed by atoms with Crippen molar-refractivity contribution in [2.75, 3.05) is 31.1 Å². The largest absolute Gasteiger partial charge is 0.507 e. The molecule has 0 saturated carbocycles. The second-order valence-corrected chi connectivity index (χ2v) is 7.63. The minimum atomic E-state index is -0.709. The minimum absolute atomic E-state index is 0.0669. The molecule has 1 amide bonds. The third-order valence-corrected chi connectivity index (χ3v) is 5.70. The Morgan fingerprint density at radius 3 is 2.21 bits per heavy atom. The van der Waals surface area contributed by atoms with E-state index >= 15 is 0 Å². The number of benzene rings is 2. The highest BCUT2D eigenvalue weighted by Gasteiger charge is 2.45. The van der Waals surface area contributed by atoms with E-state index in [2.05, 4.69) is 31.9 Å². The quantitative estimate of drug-likeness (QED) is 0.248. The molecule has 1 fully saturated rings. The predicted octanol–water partition coefficient (Wildman–Crippen LogP) is 4.71. The van der Waals surface area contributed by atoms with Gasteiger partial charge in [0.25, 0.3) is 11.7 Å². The Bertz CT molecular complexity index is 1050. The molecular weight excluding hydrogens is 416 g/mol. The van der Waals surface area contributed by atoms with Crippen LogP contribution in [0.15, 0.2) is 79.4 Å². The van der Waals surface area contributed by atoms with Gasteiger partial charge in [-0.15, -0.1) is 6.58 Å². The monoisotopic (exact) mass is 446 g/mol. The van der Waals surface area contributed by atoms with Crippen LogP contribution in [-0.4, -0.2) is 47.9 Å². The number of aliphatic hydroxyl groups excluding tert-OH is 1. The Morgan fingerprint density at radius 2 is 1.67 bits per heavy atom. The number of carbonyl (C=O) groups is 2. The molecule has 1 atom stereocenters. The fourth-order valence-electron chi connectivity index (χ4n) is 4.03. The van der Waals surface area contributed by atoms with Crippen molar-refractivity contribution in [3.8, 4) is 5.75 Å². The first-order chi connectivity index (χ1) is 16.0. The average Bonchev–Trinajstić information content (AvgIpc) is 3.09. The topological polar surface area (TPSA) is 70.1 Å². The maximum Gasteiger partial charge on any atom is 0.295 e. The number of ketones is 1. The number of aliphatic hydroxyl groups is 1. The van der Waals surface area contributed by atoms with E-state index in [1.165, 1.54) is 4.90 Å². The molecule has 0 spiro atoms. The molecule has 2 aromatic carbocycles. The van der Waals surface area contributed by atoms with Gasteiger partial charge in [-0.2, -0.15) is 0 Å². The maximum absolute atomic E-state index is 13.0. The van der Waals surface area contributed by atoms with Gasteiger partial charge in [0.2, 0.25) is 0 Å². The molecule has 6 heteroatoms. The number of likely N-dealkylation sites (tertiary alicyclic amines) is 1. The van der Waals surface area contributed by atoms with E-state index in [-0.39, 0.29) is 17.9 Å². The molecule has 33 heavy (non-hydrogen) atoms. The highest BCUT2D eigenvalue weighted by molar-refractivity contribution is 6.46. The molecule has 172 valence electrons. The van der Waals surface area contributed by atoms with Crippen LogP contribution in [0.4, 0.5) is 5.69 Å². The summed E-state index contributed by atoms with van der Waals surface area (Å²) in [5.41, 5.74) is 2.30. The van der Waals surface area contributed by atoms with Crippen molar-refractivity contribution in [3.05, 3.63) is 90.5 Å². The third kappa shape index (κ3) is 4.85. The van der Waals surface area contributed by atoms with Gasteiger partial charge in [-0.25, -0.2) is 0 Å². The van der Waals surface area contributed by atoms with E-state index in [0.717, 1.165) is 24.3 Å². The van der Waals surface area contributed by atoms with Gasteiger partial charge in [0.15, 0.2) is 0 Å². The first kappa shape index (κ1) is 23.9. The third-order valence-electron chi connectivity index (χ3n) is 5.70. The van der Waals surface area contributed by atoms with Gasteiger partial charge < -0.3 is 19.6 Å². The first-order valence-electron chi connectivity index (χ1n) is 11.0. The number of anilines is 1. The lowest BCUT2D eigenvalue weighted by molar-refractivity contribution is -0.139. The Balaban J connectivity index is 2.05. The summed E-state index contributed by atoms with van der Waals surface area (Å²) in [4.78, 5) is 29.4. The van der Waals surface area contributed by atoms with Gasteiger partial charge in [-0.1, -0.05) is 30.9 Å². The van der Waals surface area contributed by atoms with E-state index in [9.17, 15) is 14.7 Å². The van der Waals surface area contributed by atoms with Crippen molar-refractivity contribution >= 4 is 23.1 Å². The highest BCUT2D eigenvalue weighted by atomic mass is 16.5. The van der Waals surface area contributed by atoms with Crippen molar-refractivity contribution in [1.29, 1.82) is 0 Å². The minimum Gasteiger partial charge on any atom is -0.507 e. The summed E-state index contributed by atoms with van der Waals surface area (Å²) in [5.74, 6) is -0.963. The van der Waals surface area contributed by atoms with Crippen LogP contribution in [0.1, 0.15) is 31.0 Å². The number of nitrogens with zero attached hydrogens (tertiary/aromatic N) is 2. The van der Waals surface area contributed by atoms with Gasteiger partial charge in [-0.3, -0.25) is 9.59 Å². The summed E-state index contributed by atoms with van der Waals surface area (Å²) >= 11 is 0. The van der Waals surface area contributed by atoms with E-state index in [0.29, 0.717) is 17.9 Å². The lowest BCUT2D eigenvalue weighted by Gasteiger charge is -2.26. The molecule has 2 aromatic rings. The van der Waals surface area contributed by atoms with Crippen molar-refractivity contribution in [3.63, 3.8) is 0 Å². The van der Waals surface area contributed by atoms with Crippen molar-refractivity contribution in [1.82, 2.24) is 4.90 Å². The van der Waals surface area contributed by atoms with Crippen molar-refractivity contribution < 1.29 is 19.4 Å². The van der Waals surface area contributed by atoms with Gasteiger partial charge in [-0.05, 0) is 55.8 Å². The van der Waals surface area contributed by atoms with Gasteiger partial charge in [0.1, 0.15) is 18.1 Å². The van der Waals surface area contributed by atoms with Gasteiger partial charge >= 0.3 is 0 Å². The molecule has 1 aliphatic rings. The van der Waals surface area contributed by atoms with Crippen LogP contribution < -0.4 is 9.64 Å². The first-order valence-corrected chi connectivity index (χ1v) is 11.0. The lowest BCUT2D eigenvalue weighted by Crippen LogP contribution is -2.29. The van der Waals surface area contributed by atoms with Crippen LogP contribution in [0.5, 0.6) is 5.75 Å². The van der Waals surface area contributed by atoms with E-state index < -0.39 is 17.7 Å². The van der Waals surface area contributed by atoms with Crippen molar-refractivity contribution in [2.24, 2.45) is 0 Å². The fraction of sp³-hybridized carbons (Fsp3) is 0.259. The molecule has 1 aliphatic heterocycles. The number of ether oxygens (including phenoxy) is 1. The molecule has 0 radical (unpaired) electrons. The number of amides is 1. The molecule has 0 bridgehead atoms. The smallest absolute Gasteiger partial charge is 0.295 e. The Kier molecular flexibility index (Phi) is 7.72. The predicted molar refractivity (Wildman–Crippen MR) is 131 cm³/mol. The van der Waals surface area contributed by atoms with E-state index in [1.54, 1.807) is 36.4 Å². The zero-order valence-electron chi connectivity index (χ0n) is 19.2. The number of Topliss-reactive ketones (excluding diaryl/α,β-unsaturated/α-hetero) is 1. The Hall–Kier alpha value is -3.80. The molecule has 1 N–H and O–H groups in total. The molecule has 0 aromatic heterocycles. The Morgan fingerprint density at radius 1 is 1.03 bits per heavy atom. The summed E-state index contributed by atoms with van der Waals surface area (Å²) in [6.07, 6.45) is 3.22. The molecule has 1 saturated heterocycles. The van der Waals surface area contributed by atoms with Crippen LogP contribution in [0, 0.1) is 0 Å². The van der Waals surface area contributed by atoms with Crippen LogP contribution in [0.25, 0.3) is 5.76 Å². The second kappa shape index (κ2) is 10.7. The SMILES string of the molecule is C=CCOc1ccc(C(O)=C2C(=O)C(=O)N(CC=C)[C@H]2c2ccc(N(CC)CC)cc2)cc1. The van der Waals surface area contributed by atoms with Gasteiger partial charge in [0, 0.05) is 30.9 Å². The standard InChI is InChI=1S/C27H30N2O4/c1-5-17-29-24(19-9-13-21(14-10-19)28(7-3)8-4)23(26(31)27(29)32)25(30)20-11-15-22(16-12-20)33-18-6-2/h5-6,9-16,24,30H,1-2,7-8,17-18H2,3-4H3/t24-/m0/s1. The summed E-state index contributed by atoms with van der Waals surface area (Å²) in [6, 6.07) is 13.8. The molecular formula is C27H30N2O4. The summed E-state index contributed by atoms with van der Waals surface area (Å²) in [7, 11) is 0. The molecule has 0 aliphatic carbocycles. The van der Waals surface area contributed by atoms with Crippen molar-refractivity contribution in [2.45, 2.75) is 19.9 Å². The Labute approximate surface area is 195 Å². The highest BCUT2D eigenvalue weighted by Crippen LogP contribution is 2.40. The maximum atomic E-state index is 13.0. The number of rotatable bonds is 10. The molecule has 6 nitrogen and oxygen atoms in total. The van der Waals surface area contributed by atoms with E-state index in [4.69, 9.17) is 4.74 Å². The zero-order chi connectivity index (χ0) is 24.0. The van der Waals surface area contributed by atoms with Crippen LogP contribution >= 0.6 is 0 Å². The summed E-state index contributed by atoms with van der Waals surface area (Å²) in [6.45, 7) is 13.8. The molecule has 0 unspecified atom stereocenters. The molecule has 3 rings (SSSR count). The normalized spacial score (nSPS) is 17.2. The fourth-order valence-corrected chi connectivity index (χ4v) is 4.03. The molecule has 1 heterocycles. The number of hydrogen-bond donors (Lipinski definition) is 1. The number of hydrogen-bond acceptors (Lipinski definition) is 5. The summed E-state index contributed by atoms with van der Waals surface area (Å²) in [5, 5.41) is 11.1. The summed E-state index contributed by atoms with van der Waals surface area (Å²) < 4.78 is 5.48. The van der Waals surface area contributed by atoms with Crippen LogP contribution in [-0.2, 0) is 9.59 Å². The zero-order valence-corrected chi connectivity index (χ0v) is 19.2. The lowest BCUT2D eigenvalue weighted by atomic mass is 9.95. The average molecular weight is 447 g/mol. The van der Waals surface area contributed by atoms with Crippen LogP contribution in [0.2, 0.25) is 0 Å². The van der Waals surface area contributed by atoms with E-state index in [1.807, 2.05) is 24.3 Å².